The van der Waals surface area contributed by atoms with E-state index in [1.807, 2.05) is 41.1 Å². The van der Waals surface area contributed by atoms with E-state index in [-0.39, 0.29) is 11.5 Å². The van der Waals surface area contributed by atoms with Gasteiger partial charge in [-0.1, -0.05) is 44.2 Å². The summed E-state index contributed by atoms with van der Waals surface area (Å²) in [6, 6.07) is 14.1. The van der Waals surface area contributed by atoms with Gasteiger partial charge in [-0.2, -0.15) is 10.4 Å². The van der Waals surface area contributed by atoms with Gasteiger partial charge in [0.15, 0.2) is 5.82 Å². The van der Waals surface area contributed by atoms with Gasteiger partial charge in [0.2, 0.25) is 5.88 Å². The standard InChI is InChI=1S/C21H23N5O/c1-21(2)12-15(21)16(8-10-22)26-17-9-11-24-20(18(17)19(23)25-26)27-13-14-6-4-3-5-7-14/h3-7,9,11,15-16H,8,12-13H2,1-2H3,(H2,23,25). The molecule has 0 bridgehead atoms. The molecule has 2 heterocycles. The van der Waals surface area contributed by atoms with Crippen LogP contribution in [0.25, 0.3) is 10.9 Å². The fraction of sp³-hybridized carbons (Fsp3) is 0.381. The SMILES string of the molecule is CC1(C)CC1C(CC#N)n1nc(N)c2c(OCc3ccccc3)nccc21. The Morgan fingerprint density at radius 1 is 1.33 bits per heavy atom. The first-order chi connectivity index (χ1) is 13.0. The molecule has 138 valence electrons. The van der Waals surface area contributed by atoms with Crippen molar-refractivity contribution in [2.24, 2.45) is 11.3 Å². The zero-order chi connectivity index (χ0) is 19.0. The molecular weight excluding hydrogens is 338 g/mol. The Balaban J connectivity index is 1.69. The Kier molecular flexibility index (Phi) is 4.23. The minimum atomic E-state index is 0.00849. The third kappa shape index (κ3) is 3.21. The number of benzene rings is 1. The van der Waals surface area contributed by atoms with E-state index in [0.717, 1.165) is 22.9 Å². The van der Waals surface area contributed by atoms with E-state index in [9.17, 15) is 5.26 Å². The molecule has 2 aromatic heterocycles. The summed E-state index contributed by atoms with van der Waals surface area (Å²) in [5.41, 5.74) is 8.39. The number of fused-ring (bicyclic) bond motifs is 1. The van der Waals surface area contributed by atoms with E-state index in [4.69, 9.17) is 10.5 Å². The molecule has 1 aliphatic rings. The zero-order valence-corrected chi connectivity index (χ0v) is 15.6. The number of ether oxygens (including phenoxy) is 1. The molecule has 0 radical (unpaired) electrons. The number of nitrogens with two attached hydrogens (primary N) is 1. The van der Waals surface area contributed by atoms with Crippen LogP contribution in [0.5, 0.6) is 5.88 Å². The third-order valence-corrected chi connectivity index (χ3v) is 5.50. The van der Waals surface area contributed by atoms with Crippen LogP contribution < -0.4 is 10.5 Å². The smallest absolute Gasteiger partial charge is 0.227 e. The molecule has 1 aliphatic carbocycles. The molecule has 6 nitrogen and oxygen atoms in total. The number of nitrogen functional groups attached to an aromatic ring is 1. The summed E-state index contributed by atoms with van der Waals surface area (Å²) in [6.07, 6.45) is 3.21. The maximum absolute atomic E-state index is 9.33. The molecule has 2 atom stereocenters. The van der Waals surface area contributed by atoms with E-state index in [0.29, 0.717) is 30.6 Å². The first-order valence-corrected chi connectivity index (χ1v) is 9.17. The first-order valence-electron chi connectivity index (χ1n) is 9.17. The lowest BCUT2D eigenvalue weighted by Gasteiger charge is -2.17. The second kappa shape index (κ2) is 6.58. The maximum atomic E-state index is 9.33. The predicted octanol–water partition coefficient (Wildman–Crippen LogP) is 4.09. The van der Waals surface area contributed by atoms with Crippen molar-refractivity contribution in [1.29, 1.82) is 5.26 Å². The lowest BCUT2D eigenvalue weighted by molar-refractivity contribution is 0.298. The summed E-state index contributed by atoms with van der Waals surface area (Å²) < 4.78 is 7.85. The second-order valence-corrected chi connectivity index (χ2v) is 7.84. The molecule has 1 fully saturated rings. The summed E-state index contributed by atoms with van der Waals surface area (Å²) >= 11 is 0. The number of hydrogen-bond acceptors (Lipinski definition) is 5. The number of nitriles is 1. The Morgan fingerprint density at radius 2 is 2.07 bits per heavy atom. The second-order valence-electron chi connectivity index (χ2n) is 7.84. The summed E-state index contributed by atoms with van der Waals surface area (Å²) in [6.45, 7) is 4.87. The van der Waals surface area contributed by atoms with Gasteiger partial charge in [-0.05, 0) is 29.4 Å². The normalized spacial score (nSPS) is 18.8. The first kappa shape index (κ1) is 17.3. The Labute approximate surface area is 158 Å². The van der Waals surface area contributed by atoms with Crippen molar-refractivity contribution in [3.63, 3.8) is 0 Å². The van der Waals surface area contributed by atoms with Crippen LogP contribution in [-0.2, 0) is 6.61 Å². The van der Waals surface area contributed by atoms with Crippen LogP contribution in [0, 0.1) is 22.7 Å². The van der Waals surface area contributed by atoms with Gasteiger partial charge < -0.3 is 10.5 Å². The van der Waals surface area contributed by atoms with Crippen molar-refractivity contribution in [1.82, 2.24) is 14.8 Å². The summed E-state index contributed by atoms with van der Waals surface area (Å²) in [4.78, 5) is 4.37. The molecule has 27 heavy (non-hydrogen) atoms. The molecule has 2 N–H and O–H groups in total. The highest BCUT2D eigenvalue weighted by Gasteiger charge is 2.51. The van der Waals surface area contributed by atoms with Gasteiger partial charge >= 0.3 is 0 Å². The minimum absolute atomic E-state index is 0.00849. The Bertz CT molecular complexity index is 1000. The van der Waals surface area contributed by atoms with Crippen molar-refractivity contribution in [2.75, 3.05) is 5.73 Å². The molecule has 1 aromatic carbocycles. The van der Waals surface area contributed by atoms with Crippen LogP contribution in [0.2, 0.25) is 0 Å². The summed E-state index contributed by atoms with van der Waals surface area (Å²) in [5, 5.41) is 14.6. The molecule has 1 saturated carbocycles. The van der Waals surface area contributed by atoms with E-state index in [1.165, 1.54) is 0 Å². The highest BCUT2D eigenvalue weighted by molar-refractivity contribution is 5.93. The van der Waals surface area contributed by atoms with Gasteiger partial charge in [0.1, 0.15) is 12.0 Å². The molecule has 0 spiro atoms. The van der Waals surface area contributed by atoms with Crippen molar-refractivity contribution in [3.8, 4) is 11.9 Å². The van der Waals surface area contributed by atoms with Crippen LogP contribution >= 0.6 is 0 Å². The van der Waals surface area contributed by atoms with Crippen LogP contribution in [0.4, 0.5) is 5.82 Å². The molecule has 0 saturated heterocycles. The Hall–Kier alpha value is -3.07. The van der Waals surface area contributed by atoms with Gasteiger partial charge in [-0.3, -0.25) is 4.68 Å². The number of nitrogens with zero attached hydrogens (tertiary/aromatic N) is 4. The van der Waals surface area contributed by atoms with Crippen LogP contribution in [-0.4, -0.2) is 14.8 Å². The third-order valence-electron chi connectivity index (χ3n) is 5.50. The molecule has 3 aromatic rings. The Morgan fingerprint density at radius 3 is 2.74 bits per heavy atom. The highest BCUT2D eigenvalue weighted by atomic mass is 16.5. The molecule has 0 amide bonds. The number of anilines is 1. The predicted molar refractivity (Wildman–Crippen MR) is 104 cm³/mol. The molecule has 4 rings (SSSR count). The largest absolute Gasteiger partial charge is 0.472 e. The topological polar surface area (TPSA) is 89.8 Å². The molecular formula is C21H23N5O. The fourth-order valence-electron chi connectivity index (χ4n) is 3.83. The average molecular weight is 361 g/mol. The van der Waals surface area contributed by atoms with E-state index in [2.05, 4.69) is 30.0 Å². The minimum Gasteiger partial charge on any atom is -0.472 e. The van der Waals surface area contributed by atoms with Crippen molar-refractivity contribution >= 4 is 16.7 Å². The van der Waals surface area contributed by atoms with E-state index < -0.39 is 0 Å². The quantitative estimate of drug-likeness (QED) is 0.714. The van der Waals surface area contributed by atoms with Gasteiger partial charge in [0.25, 0.3) is 0 Å². The van der Waals surface area contributed by atoms with Gasteiger partial charge in [0.05, 0.1) is 24.0 Å². The van der Waals surface area contributed by atoms with Crippen molar-refractivity contribution < 1.29 is 4.74 Å². The van der Waals surface area contributed by atoms with Crippen LogP contribution in [0.15, 0.2) is 42.6 Å². The van der Waals surface area contributed by atoms with Gasteiger partial charge in [0, 0.05) is 6.20 Å². The summed E-state index contributed by atoms with van der Waals surface area (Å²) in [5.74, 6) is 1.29. The zero-order valence-electron chi connectivity index (χ0n) is 15.6. The maximum Gasteiger partial charge on any atom is 0.227 e. The van der Waals surface area contributed by atoms with Crippen LogP contribution in [0.1, 0.15) is 38.3 Å². The number of rotatable bonds is 6. The highest BCUT2D eigenvalue weighted by Crippen LogP contribution is 2.58. The van der Waals surface area contributed by atoms with Crippen molar-refractivity contribution in [2.45, 2.75) is 39.3 Å². The van der Waals surface area contributed by atoms with Gasteiger partial charge in [-0.15, -0.1) is 0 Å². The lowest BCUT2D eigenvalue weighted by atomic mass is 10.0. The number of pyridine rings is 1. The number of aromatic nitrogens is 3. The van der Waals surface area contributed by atoms with E-state index >= 15 is 0 Å². The van der Waals surface area contributed by atoms with Crippen LogP contribution in [0.3, 0.4) is 0 Å². The fourth-order valence-corrected chi connectivity index (χ4v) is 3.83. The van der Waals surface area contributed by atoms with E-state index in [1.54, 1.807) is 6.20 Å². The molecule has 0 aliphatic heterocycles. The monoisotopic (exact) mass is 361 g/mol. The average Bonchev–Trinajstić information content (AvgIpc) is 3.16. The molecule has 2 unspecified atom stereocenters. The molecule has 6 heteroatoms. The summed E-state index contributed by atoms with van der Waals surface area (Å²) in [7, 11) is 0. The van der Waals surface area contributed by atoms with Crippen molar-refractivity contribution in [3.05, 3.63) is 48.2 Å². The number of hydrogen-bond donors (Lipinski definition) is 1. The van der Waals surface area contributed by atoms with Gasteiger partial charge in [-0.25, -0.2) is 4.98 Å². The lowest BCUT2D eigenvalue weighted by Crippen LogP contribution is -2.15.